The molecule has 0 atom stereocenters. The van der Waals surface area contributed by atoms with Crippen molar-refractivity contribution in [3.05, 3.63) is 70.5 Å². The first-order valence-electron chi connectivity index (χ1n) is 6.76. The van der Waals surface area contributed by atoms with Crippen LogP contribution in [0.4, 0.5) is 10.1 Å². The Morgan fingerprint density at radius 3 is 2.43 bits per heavy atom. The van der Waals surface area contributed by atoms with Gasteiger partial charge in [0.2, 0.25) is 5.91 Å². The molecule has 2 N–H and O–H groups in total. The van der Waals surface area contributed by atoms with Gasteiger partial charge in [0.15, 0.2) is 0 Å². The first-order valence-corrected chi connectivity index (χ1v) is 7.14. The molecule has 0 saturated carbocycles. The Balaban J connectivity index is 2.05. The van der Waals surface area contributed by atoms with E-state index < -0.39 is 11.7 Å². The third kappa shape index (κ3) is 4.40. The van der Waals surface area contributed by atoms with Gasteiger partial charge in [-0.05, 0) is 42.5 Å². The number of carbonyl (C=O) groups is 2. The molecular formula is C17H14ClFN2O2. The molecule has 0 spiro atoms. The second-order valence-electron chi connectivity index (χ2n) is 4.61. The summed E-state index contributed by atoms with van der Waals surface area (Å²) < 4.78 is 13.6. The second kappa shape index (κ2) is 7.56. The first kappa shape index (κ1) is 16.7. The van der Waals surface area contributed by atoms with Crippen LogP contribution in [-0.2, 0) is 4.79 Å². The van der Waals surface area contributed by atoms with Gasteiger partial charge < -0.3 is 10.6 Å². The zero-order valence-corrected chi connectivity index (χ0v) is 13.0. The SMILES string of the molecule is CNC(=O)c1ccc(NC(=O)/C=C/c2c(F)cccc2Cl)cc1. The van der Waals surface area contributed by atoms with Crippen LogP contribution in [0.25, 0.3) is 6.08 Å². The molecule has 0 aromatic heterocycles. The largest absolute Gasteiger partial charge is 0.355 e. The number of carbonyl (C=O) groups excluding carboxylic acids is 2. The first-order chi connectivity index (χ1) is 11.0. The van der Waals surface area contributed by atoms with Gasteiger partial charge in [-0.1, -0.05) is 17.7 Å². The van der Waals surface area contributed by atoms with Gasteiger partial charge in [0, 0.05) is 29.9 Å². The van der Waals surface area contributed by atoms with Crippen LogP contribution in [0.15, 0.2) is 48.5 Å². The number of nitrogens with one attached hydrogen (secondary N) is 2. The molecule has 0 saturated heterocycles. The highest BCUT2D eigenvalue weighted by molar-refractivity contribution is 6.32. The average Bonchev–Trinajstić information content (AvgIpc) is 2.54. The Bertz CT molecular complexity index is 737. The van der Waals surface area contributed by atoms with Crippen molar-refractivity contribution in [3.8, 4) is 0 Å². The van der Waals surface area contributed by atoms with Crippen molar-refractivity contribution in [2.45, 2.75) is 0 Å². The van der Waals surface area contributed by atoms with Gasteiger partial charge in [-0.25, -0.2) is 4.39 Å². The summed E-state index contributed by atoms with van der Waals surface area (Å²) in [5.41, 5.74) is 1.16. The molecule has 0 unspecified atom stereocenters. The standard InChI is InChI=1S/C17H14ClFN2O2/c1-20-17(23)11-5-7-12(8-6-11)21-16(22)10-9-13-14(18)3-2-4-15(13)19/h2-10H,1H3,(H,20,23)(H,21,22)/b10-9+. The molecule has 0 heterocycles. The molecule has 2 aromatic carbocycles. The Morgan fingerprint density at radius 2 is 1.83 bits per heavy atom. The Kier molecular flexibility index (Phi) is 5.49. The smallest absolute Gasteiger partial charge is 0.251 e. The molecule has 0 bridgehead atoms. The van der Waals surface area contributed by atoms with E-state index in [0.717, 1.165) is 0 Å². The molecule has 0 aliphatic carbocycles. The number of benzene rings is 2. The Hall–Kier alpha value is -2.66. The third-order valence-corrected chi connectivity index (χ3v) is 3.37. The van der Waals surface area contributed by atoms with E-state index in [9.17, 15) is 14.0 Å². The van der Waals surface area contributed by atoms with Gasteiger partial charge in [0.1, 0.15) is 5.82 Å². The lowest BCUT2D eigenvalue weighted by Gasteiger charge is -2.04. The lowest BCUT2D eigenvalue weighted by molar-refractivity contribution is -0.111. The molecule has 2 aromatic rings. The van der Waals surface area contributed by atoms with E-state index in [1.807, 2.05) is 0 Å². The molecule has 0 aliphatic rings. The minimum atomic E-state index is -0.503. The van der Waals surface area contributed by atoms with Gasteiger partial charge in [-0.15, -0.1) is 0 Å². The maximum Gasteiger partial charge on any atom is 0.251 e. The predicted octanol–water partition coefficient (Wildman–Crippen LogP) is 3.49. The molecule has 2 amide bonds. The van der Waals surface area contributed by atoms with Crippen LogP contribution in [-0.4, -0.2) is 18.9 Å². The van der Waals surface area contributed by atoms with E-state index in [1.165, 1.54) is 31.3 Å². The van der Waals surface area contributed by atoms with Gasteiger partial charge in [-0.3, -0.25) is 9.59 Å². The molecule has 0 aliphatic heterocycles. The summed E-state index contributed by atoms with van der Waals surface area (Å²) in [6, 6.07) is 10.7. The van der Waals surface area contributed by atoms with Crippen LogP contribution in [0.5, 0.6) is 0 Å². The zero-order valence-electron chi connectivity index (χ0n) is 12.3. The number of hydrogen-bond acceptors (Lipinski definition) is 2. The minimum absolute atomic E-state index is 0.152. The van der Waals surface area contributed by atoms with Gasteiger partial charge in [-0.2, -0.15) is 0 Å². The maximum absolute atomic E-state index is 13.6. The van der Waals surface area contributed by atoms with Crippen molar-refractivity contribution in [1.29, 1.82) is 0 Å². The quantitative estimate of drug-likeness (QED) is 0.842. The summed E-state index contributed by atoms with van der Waals surface area (Å²) in [6.07, 6.45) is 2.50. The van der Waals surface area contributed by atoms with E-state index in [-0.39, 0.29) is 16.5 Å². The normalized spacial score (nSPS) is 10.6. The number of anilines is 1. The fraction of sp³-hybridized carbons (Fsp3) is 0.0588. The van der Waals surface area contributed by atoms with Crippen LogP contribution in [0.1, 0.15) is 15.9 Å². The topological polar surface area (TPSA) is 58.2 Å². The summed E-state index contributed by atoms with van der Waals surface area (Å²) in [6.45, 7) is 0. The van der Waals surface area contributed by atoms with Crippen LogP contribution >= 0.6 is 11.6 Å². The van der Waals surface area contributed by atoms with Crippen LogP contribution in [0.2, 0.25) is 5.02 Å². The van der Waals surface area contributed by atoms with Gasteiger partial charge >= 0.3 is 0 Å². The zero-order chi connectivity index (χ0) is 16.8. The molecule has 23 heavy (non-hydrogen) atoms. The molecule has 2 rings (SSSR count). The van der Waals surface area contributed by atoms with E-state index in [4.69, 9.17) is 11.6 Å². The summed E-state index contributed by atoms with van der Waals surface area (Å²) in [7, 11) is 1.54. The lowest BCUT2D eigenvalue weighted by atomic mass is 10.2. The number of rotatable bonds is 4. The average molecular weight is 333 g/mol. The van der Waals surface area contributed by atoms with Crippen molar-refractivity contribution in [2.24, 2.45) is 0 Å². The Morgan fingerprint density at radius 1 is 1.13 bits per heavy atom. The summed E-state index contributed by atoms with van der Waals surface area (Å²) in [5, 5.41) is 5.34. The Labute approximate surface area is 138 Å². The van der Waals surface area contributed by atoms with Crippen molar-refractivity contribution >= 4 is 35.2 Å². The molecule has 0 radical (unpaired) electrons. The monoisotopic (exact) mass is 332 g/mol. The van der Waals surface area contributed by atoms with Crippen molar-refractivity contribution < 1.29 is 14.0 Å². The number of halogens is 2. The second-order valence-corrected chi connectivity index (χ2v) is 5.02. The summed E-state index contributed by atoms with van der Waals surface area (Å²) >= 11 is 5.87. The molecule has 4 nitrogen and oxygen atoms in total. The van der Waals surface area contributed by atoms with Crippen LogP contribution in [0.3, 0.4) is 0 Å². The minimum Gasteiger partial charge on any atom is -0.355 e. The fourth-order valence-corrected chi connectivity index (χ4v) is 2.09. The predicted molar refractivity (Wildman–Crippen MR) is 88.9 cm³/mol. The third-order valence-electron chi connectivity index (χ3n) is 3.04. The fourth-order valence-electron chi connectivity index (χ4n) is 1.86. The number of amides is 2. The molecule has 0 fully saturated rings. The van der Waals surface area contributed by atoms with Crippen LogP contribution < -0.4 is 10.6 Å². The highest BCUT2D eigenvalue weighted by atomic mass is 35.5. The highest BCUT2D eigenvalue weighted by Gasteiger charge is 2.05. The van der Waals surface area contributed by atoms with E-state index in [0.29, 0.717) is 11.3 Å². The number of hydrogen-bond donors (Lipinski definition) is 2. The van der Waals surface area contributed by atoms with Crippen molar-refractivity contribution in [3.63, 3.8) is 0 Å². The molecule has 118 valence electrons. The van der Waals surface area contributed by atoms with Gasteiger partial charge in [0.25, 0.3) is 5.91 Å². The van der Waals surface area contributed by atoms with E-state index in [2.05, 4.69) is 10.6 Å². The van der Waals surface area contributed by atoms with Crippen LogP contribution in [0, 0.1) is 5.82 Å². The summed E-state index contributed by atoms with van der Waals surface area (Å²) in [5.74, 6) is -1.15. The highest BCUT2D eigenvalue weighted by Crippen LogP contribution is 2.20. The van der Waals surface area contributed by atoms with E-state index in [1.54, 1.807) is 30.3 Å². The molecule has 6 heteroatoms. The molecular weight excluding hydrogens is 319 g/mol. The summed E-state index contributed by atoms with van der Waals surface area (Å²) in [4.78, 5) is 23.3. The maximum atomic E-state index is 13.6. The van der Waals surface area contributed by atoms with Crippen molar-refractivity contribution in [2.75, 3.05) is 12.4 Å². The lowest BCUT2D eigenvalue weighted by Crippen LogP contribution is -2.17. The van der Waals surface area contributed by atoms with Gasteiger partial charge in [0.05, 0.1) is 5.02 Å². The van der Waals surface area contributed by atoms with E-state index >= 15 is 0 Å². The van der Waals surface area contributed by atoms with Crippen molar-refractivity contribution in [1.82, 2.24) is 5.32 Å².